The fraction of sp³-hybridized carbons (Fsp3) is 0.391. The van der Waals surface area contributed by atoms with Gasteiger partial charge >= 0.3 is 0 Å². The lowest BCUT2D eigenvalue weighted by Gasteiger charge is -2.26. The van der Waals surface area contributed by atoms with Crippen molar-refractivity contribution in [3.63, 3.8) is 0 Å². The van der Waals surface area contributed by atoms with Crippen LogP contribution in [0.3, 0.4) is 0 Å². The van der Waals surface area contributed by atoms with E-state index in [1.165, 1.54) is 12.4 Å². The van der Waals surface area contributed by atoms with Gasteiger partial charge in [0, 0.05) is 25.5 Å². The normalized spacial score (nSPS) is 18.7. The summed E-state index contributed by atoms with van der Waals surface area (Å²) in [7, 11) is -3.82. The van der Waals surface area contributed by atoms with Crippen LogP contribution in [0.2, 0.25) is 0 Å². The Balaban J connectivity index is 1.67. The molecule has 33 heavy (non-hydrogen) atoms. The largest absolute Gasteiger partial charge is 0.394 e. The lowest BCUT2D eigenvalue weighted by molar-refractivity contribution is -0.132. The zero-order valence-electron chi connectivity index (χ0n) is 18.4. The smallest absolute Gasteiger partial charge is 0.264 e. The molecule has 1 amide bonds. The van der Waals surface area contributed by atoms with Crippen LogP contribution < -0.4 is 5.48 Å². The molecule has 0 spiro atoms. The Hall–Kier alpha value is -2.79. The van der Waals surface area contributed by atoms with Crippen LogP contribution in [0.25, 0.3) is 11.1 Å². The van der Waals surface area contributed by atoms with Crippen molar-refractivity contribution >= 4 is 21.5 Å². The molecule has 2 aromatic carbocycles. The molecule has 1 heterocycles. The first-order valence-corrected chi connectivity index (χ1v) is 12.3. The number of aliphatic hydroxyl groups is 2. The fourth-order valence-corrected chi connectivity index (χ4v) is 4.57. The lowest BCUT2D eigenvalue weighted by Crippen LogP contribution is -2.51. The van der Waals surface area contributed by atoms with Gasteiger partial charge in [0.2, 0.25) is 0 Å². The molecule has 178 valence electrons. The van der Waals surface area contributed by atoms with E-state index in [1.54, 1.807) is 0 Å². The predicted octanol–water partition coefficient (Wildman–Crippen LogP) is 1.44. The van der Waals surface area contributed by atoms with Crippen LogP contribution in [0, 0.1) is 0 Å². The van der Waals surface area contributed by atoms with Crippen molar-refractivity contribution < 1.29 is 33.5 Å². The summed E-state index contributed by atoms with van der Waals surface area (Å²) in [6, 6.07) is 15.3. The van der Waals surface area contributed by atoms with Gasteiger partial charge in [-0.2, -0.15) is 0 Å². The molecule has 3 unspecified atom stereocenters. The minimum absolute atomic E-state index is 0.152. The van der Waals surface area contributed by atoms with Crippen LogP contribution in [0.5, 0.6) is 0 Å². The highest BCUT2D eigenvalue weighted by atomic mass is 32.2. The number of nitrogens with one attached hydrogen (secondary N) is 1. The van der Waals surface area contributed by atoms with Crippen molar-refractivity contribution in [1.82, 2.24) is 5.48 Å². The van der Waals surface area contributed by atoms with Crippen molar-refractivity contribution in [3.8, 4) is 11.1 Å². The molecule has 1 aliphatic heterocycles. The lowest BCUT2D eigenvalue weighted by atomic mass is 9.95. The number of carbonyl (C=O) groups excluding carboxylic acids is 1. The van der Waals surface area contributed by atoms with Gasteiger partial charge in [0.1, 0.15) is 6.10 Å². The van der Waals surface area contributed by atoms with Gasteiger partial charge in [-0.3, -0.25) is 10.0 Å². The van der Waals surface area contributed by atoms with Gasteiger partial charge < -0.3 is 15.1 Å². The fourth-order valence-electron chi connectivity index (χ4n) is 3.70. The zero-order chi connectivity index (χ0) is 24.2. The first kappa shape index (κ1) is 24.8. The Morgan fingerprint density at radius 1 is 1.15 bits per heavy atom. The first-order valence-electron chi connectivity index (χ1n) is 10.4. The second-order valence-corrected chi connectivity index (χ2v) is 10.9. The number of hydroxylamine groups is 1. The second-order valence-electron chi connectivity index (χ2n) is 8.43. The minimum atomic E-state index is -3.82. The van der Waals surface area contributed by atoms with Crippen molar-refractivity contribution in [2.75, 3.05) is 12.9 Å². The third-order valence-electron chi connectivity index (χ3n) is 5.94. The van der Waals surface area contributed by atoms with E-state index in [1.807, 2.05) is 48.5 Å². The molecule has 1 aliphatic rings. The van der Waals surface area contributed by atoms with E-state index < -0.39 is 32.7 Å². The van der Waals surface area contributed by atoms with Crippen molar-refractivity contribution in [3.05, 3.63) is 59.7 Å². The Morgan fingerprint density at radius 2 is 1.70 bits per heavy atom. The zero-order valence-corrected chi connectivity index (χ0v) is 19.2. The number of benzene rings is 2. The van der Waals surface area contributed by atoms with E-state index in [-0.39, 0.29) is 13.0 Å². The topological polar surface area (TPSA) is 146 Å². The minimum Gasteiger partial charge on any atom is -0.394 e. The van der Waals surface area contributed by atoms with E-state index in [9.17, 15) is 18.3 Å². The van der Waals surface area contributed by atoms with Gasteiger partial charge in [-0.15, -0.1) is 0 Å². The van der Waals surface area contributed by atoms with Gasteiger partial charge in [-0.1, -0.05) is 53.7 Å². The molecule has 9 nitrogen and oxygen atoms in total. The monoisotopic (exact) mass is 476 g/mol. The summed E-state index contributed by atoms with van der Waals surface area (Å²) < 4.78 is 22.5. The molecule has 0 fully saturated rings. The molecule has 0 aromatic heterocycles. The molecule has 2 aromatic rings. The summed E-state index contributed by atoms with van der Waals surface area (Å²) in [5.74, 6) is -1.01. The predicted molar refractivity (Wildman–Crippen MR) is 122 cm³/mol. The number of oxime groups is 1. The molecular formula is C23H28N2O7S. The molecule has 0 saturated carbocycles. The summed E-state index contributed by atoms with van der Waals surface area (Å²) in [6.45, 7) is 0.972. The number of aliphatic hydroxyl groups excluding tert-OH is 2. The van der Waals surface area contributed by atoms with Crippen LogP contribution in [0.15, 0.2) is 53.7 Å². The maximum atomic E-state index is 12.2. The highest BCUT2D eigenvalue weighted by molar-refractivity contribution is 7.92. The average molecular weight is 477 g/mol. The molecule has 0 bridgehead atoms. The first-order chi connectivity index (χ1) is 15.6. The van der Waals surface area contributed by atoms with Crippen molar-refractivity contribution in [2.45, 2.75) is 43.1 Å². The van der Waals surface area contributed by atoms with Crippen LogP contribution in [-0.2, 0) is 25.9 Å². The number of hydrogen-bond donors (Lipinski definition) is 4. The molecule has 3 rings (SSSR count). The average Bonchev–Trinajstić information content (AvgIpc) is 3.26. The number of amides is 1. The van der Waals surface area contributed by atoms with E-state index in [0.29, 0.717) is 18.6 Å². The van der Waals surface area contributed by atoms with Crippen molar-refractivity contribution in [1.29, 1.82) is 0 Å². The van der Waals surface area contributed by atoms with E-state index >= 15 is 0 Å². The summed E-state index contributed by atoms with van der Waals surface area (Å²) in [5, 5.41) is 31.6. The molecule has 0 aliphatic carbocycles. The summed E-state index contributed by atoms with van der Waals surface area (Å²) in [4.78, 5) is 17.4. The van der Waals surface area contributed by atoms with E-state index in [0.717, 1.165) is 28.5 Å². The molecular weight excluding hydrogens is 448 g/mol. The van der Waals surface area contributed by atoms with E-state index in [2.05, 4.69) is 5.16 Å². The number of hydrogen-bond acceptors (Lipinski definition) is 8. The number of sulfone groups is 1. The third-order valence-corrected chi connectivity index (χ3v) is 7.93. The maximum Gasteiger partial charge on any atom is 0.264 e. The van der Waals surface area contributed by atoms with Crippen LogP contribution in [0.4, 0.5) is 0 Å². The number of rotatable bonds is 9. The van der Waals surface area contributed by atoms with Crippen LogP contribution in [0.1, 0.15) is 30.9 Å². The highest BCUT2D eigenvalue weighted by Gasteiger charge is 2.47. The van der Waals surface area contributed by atoms with Gasteiger partial charge in [-0.25, -0.2) is 13.9 Å². The molecule has 4 N–H and O–H groups in total. The maximum absolute atomic E-state index is 12.2. The van der Waals surface area contributed by atoms with Gasteiger partial charge in [-0.05, 0) is 29.2 Å². The second kappa shape index (κ2) is 10.0. The highest BCUT2D eigenvalue weighted by Crippen LogP contribution is 2.30. The number of carbonyl (C=O) groups is 1. The van der Waals surface area contributed by atoms with Gasteiger partial charge in [0.25, 0.3) is 5.91 Å². The van der Waals surface area contributed by atoms with Crippen LogP contribution in [-0.4, -0.2) is 65.3 Å². The Kier molecular flexibility index (Phi) is 7.53. The summed E-state index contributed by atoms with van der Waals surface area (Å²) >= 11 is 0. The Bertz CT molecular complexity index is 1110. The molecule has 10 heteroatoms. The van der Waals surface area contributed by atoms with E-state index in [4.69, 9.17) is 15.2 Å². The quantitative estimate of drug-likeness (QED) is 0.316. The molecule has 0 saturated heterocycles. The third kappa shape index (κ3) is 5.59. The SMILES string of the molecule is CC(CC1CC(c2ccc(-c3ccc(CC(O)CO)cc3)cc2)=NO1)(C(=O)NO)S(C)(=O)=O. The molecule has 0 radical (unpaired) electrons. The number of nitrogens with zero attached hydrogens (tertiary/aromatic N) is 1. The van der Waals surface area contributed by atoms with Crippen LogP contribution >= 0.6 is 0 Å². The summed E-state index contributed by atoms with van der Waals surface area (Å²) in [6.07, 6.45) is 0.0971. The Morgan fingerprint density at radius 3 is 2.21 bits per heavy atom. The van der Waals surface area contributed by atoms with Gasteiger partial charge in [0.15, 0.2) is 14.6 Å². The standard InChI is InChI=1S/C23H28N2O7S/c1-23(22(28)24-29,33(2,30)31)13-20-12-21(25-32-20)18-9-7-17(8-10-18)16-5-3-15(4-6-16)11-19(27)14-26/h3-10,19-20,26-27,29H,11-14H2,1-2H3,(H,24,28). The van der Waals surface area contributed by atoms with Gasteiger partial charge in [0.05, 0.1) is 18.4 Å². The molecule has 3 atom stereocenters. The summed E-state index contributed by atoms with van der Waals surface area (Å²) in [5.41, 5.74) is 5.79. The van der Waals surface area contributed by atoms with Crippen molar-refractivity contribution in [2.24, 2.45) is 5.16 Å². The Labute approximate surface area is 192 Å².